The van der Waals surface area contributed by atoms with Crippen molar-refractivity contribution in [2.24, 2.45) is 0 Å². The molecule has 0 aliphatic heterocycles. The van der Waals surface area contributed by atoms with Crippen LogP contribution in [-0.4, -0.2) is 10.4 Å². The van der Waals surface area contributed by atoms with Crippen LogP contribution in [-0.2, 0) is 0 Å². The van der Waals surface area contributed by atoms with Crippen LogP contribution in [0.5, 0.6) is 0 Å². The molecule has 0 radical (unpaired) electrons. The number of anilines is 3. The second-order valence-corrected chi connectivity index (χ2v) is 13.3. The van der Waals surface area contributed by atoms with Crippen LogP contribution < -0.4 is 4.90 Å². The predicted octanol–water partition coefficient (Wildman–Crippen LogP) is 13.3. The molecule has 1 heterocycles. The Labute approximate surface area is 309 Å². The SMILES string of the molecule is C=C(/C=C\C=C/C)c1ccc(N(c2ccc(-c3ccc4c(c3)c3ccccc3n4-c3ccccc3)cc2)c2cccc3c2C(=O)c2ccccc2-3)cc1. The van der Waals surface area contributed by atoms with Crippen molar-refractivity contribution in [1.29, 1.82) is 0 Å². The van der Waals surface area contributed by atoms with Crippen LogP contribution in [0.2, 0.25) is 0 Å². The highest BCUT2D eigenvalue weighted by molar-refractivity contribution is 6.25. The fraction of sp³-hybridized carbons (Fsp3) is 0.0200. The summed E-state index contributed by atoms with van der Waals surface area (Å²) < 4.78 is 2.34. The Balaban J connectivity index is 1.14. The summed E-state index contributed by atoms with van der Waals surface area (Å²) in [5.74, 6) is 0.0508. The molecule has 1 aliphatic carbocycles. The number of hydrogen-bond donors (Lipinski definition) is 0. The molecule has 0 spiro atoms. The Morgan fingerprint density at radius 1 is 0.585 bits per heavy atom. The zero-order valence-electron chi connectivity index (χ0n) is 29.4. The summed E-state index contributed by atoms with van der Waals surface area (Å²) in [5.41, 5.74) is 13.9. The van der Waals surface area contributed by atoms with Crippen molar-refractivity contribution in [1.82, 2.24) is 4.57 Å². The number of allylic oxidation sites excluding steroid dienone is 5. The van der Waals surface area contributed by atoms with Crippen LogP contribution in [0, 0.1) is 0 Å². The number of aromatic nitrogens is 1. The van der Waals surface area contributed by atoms with E-state index in [9.17, 15) is 4.79 Å². The first kappa shape index (κ1) is 32.0. The lowest BCUT2D eigenvalue weighted by molar-refractivity contribution is 0.104. The van der Waals surface area contributed by atoms with Crippen LogP contribution >= 0.6 is 0 Å². The third-order valence-corrected chi connectivity index (χ3v) is 10.2. The number of hydrogen-bond acceptors (Lipinski definition) is 2. The number of benzene rings is 7. The zero-order chi connectivity index (χ0) is 35.9. The van der Waals surface area contributed by atoms with Gasteiger partial charge in [0.1, 0.15) is 0 Å². The maximum Gasteiger partial charge on any atom is 0.196 e. The van der Waals surface area contributed by atoms with Gasteiger partial charge in [-0.05, 0) is 101 Å². The van der Waals surface area contributed by atoms with E-state index in [1.54, 1.807) is 0 Å². The smallest absolute Gasteiger partial charge is 0.196 e. The van der Waals surface area contributed by atoms with E-state index >= 15 is 0 Å². The zero-order valence-corrected chi connectivity index (χ0v) is 29.4. The fourth-order valence-corrected chi connectivity index (χ4v) is 7.68. The quantitative estimate of drug-likeness (QED) is 0.149. The predicted molar refractivity (Wildman–Crippen MR) is 223 cm³/mol. The molecular formula is C50H36N2O. The van der Waals surface area contributed by atoms with Gasteiger partial charge in [-0.15, -0.1) is 0 Å². The molecule has 1 aliphatic rings. The van der Waals surface area contributed by atoms with E-state index in [1.165, 1.54) is 21.8 Å². The van der Waals surface area contributed by atoms with Crippen molar-refractivity contribution in [3.63, 3.8) is 0 Å². The Bertz CT molecular complexity index is 2750. The maximum absolute atomic E-state index is 14.0. The van der Waals surface area contributed by atoms with Gasteiger partial charge in [-0.2, -0.15) is 0 Å². The molecule has 3 heteroatoms. The summed E-state index contributed by atoms with van der Waals surface area (Å²) in [5, 5.41) is 2.44. The molecule has 0 saturated heterocycles. The topological polar surface area (TPSA) is 25.2 Å². The molecule has 53 heavy (non-hydrogen) atoms. The normalized spacial score (nSPS) is 12.2. The molecule has 8 aromatic rings. The molecule has 9 rings (SSSR count). The molecule has 0 unspecified atom stereocenters. The average molecular weight is 681 g/mol. The standard InChI is InChI=1S/C50H36N2O/c1-3-4-6-14-34(2)35-23-28-39(29-24-35)51(48-22-13-20-43-41-17-9-10-19-44(41)50(53)49(43)48)40-30-25-36(26-31-40)37-27-32-47-45(33-37)42-18-11-12-21-46(42)52(47)38-15-7-5-8-16-38/h3-33H,2H2,1H3/b4-3-,14-6-. The third kappa shape index (κ3) is 5.51. The molecule has 7 aromatic carbocycles. The second-order valence-electron chi connectivity index (χ2n) is 13.3. The van der Waals surface area contributed by atoms with Crippen molar-refractivity contribution in [2.45, 2.75) is 6.92 Å². The van der Waals surface area contributed by atoms with Gasteiger partial charge in [-0.1, -0.05) is 134 Å². The largest absolute Gasteiger partial charge is 0.310 e. The second kappa shape index (κ2) is 13.3. The number of ketones is 1. The highest BCUT2D eigenvalue weighted by Crippen LogP contribution is 2.46. The van der Waals surface area contributed by atoms with E-state index in [1.807, 2.05) is 61.6 Å². The van der Waals surface area contributed by atoms with Gasteiger partial charge >= 0.3 is 0 Å². The van der Waals surface area contributed by atoms with Crippen LogP contribution in [0.4, 0.5) is 17.1 Å². The van der Waals surface area contributed by atoms with E-state index in [4.69, 9.17) is 0 Å². The number of fused-ring (bicyclic) bond motifs is 6. The van der Waals surface area contributed by atoms with Crippen LogP contribution in [0.1, 0.15) is 28.4 Å². The van der Waals surface area contributed by atoms with Crippen molar-refractivity contribution in [3.8, 4) is 27.9 Å². The lowest BCUT2D eigenvalue weighted by atomic mass is 10.0. The van der Waals surface area contributed by atoms with Gasteiger partial charge in [-0.25, -0.2) is 0 Å². The summed E-state index contributed by atoms with van der Waals surface area (Å²) in [6.45, 7) is 6.28. The number of para-hydroxylation sites is 2. The summed E-state index contributed by atoms with van der Waals surface area (Å²) in [6, 6.07) is 57.1. The van der Waals surface area contributed by atoms with E-state index in [0.717, 1.165) is 67.3 Å². The molecule has 0 N–H and O–H groups in total. The van der Waals surface area contributed by atoms with Gasteiger partial charge in [0.25, 0.3) is 0 Å². The van der Waals surface area contributed by atoms with Crippen molar-refractivity contribution < 1.29 is 4.79 Å². The van der Waals surface area contributed by atoms with Gasteiger partial charge < -0.3 is 9.47 Å². The van der Waals surface area contributed by atoms with E-state index < -0.39 is 0 Å². The minimum atomic E-state index is 0.0508. The minimum Gasteiger partial charge on any atom is -0.310 e. The molecule has 1 aromatic heterocycles. The van der Waals surface area contributed by atoms with Gasteiger partial charge in [0.05, 0.1) is 22.3 Å². The lowest BCUT2D eigenvalue weighted by Crippen LogP contribution is -2.13. The van der Waals surface area contributed by atoms with Crippen LogP contribution in [0.15, 0.2) is 195 Å². The molecular weight excluding hydrogens is 645 g/mol. The Morgan fingerprint density at radius 3 is 2.00 bits per heavy atom. The van der Waals surface area contributed by atoms with Gasteiger partial charge in [0, 0.05) is 33.4 Å². The summed E-state index contributed by atoms with van der Waals surface area (Å²) in [7, 11) is 0. The Morgan fingerprint density at radius 2 is 1.23 bits per heavy atom. The first-order valence-electron chi connectivity index (χ1n) is 18.0. The highest BCUT2D eigenvalue weighted by atomic mass is 16.1. The molecule has 0 saturated carbocycles. The highest BCUT2D eigenvalue weighted by Gasteiger charge is 2.31. The molecule has 0 atom stereocenters. The average Bonchev–Trinajstić information content (AvgIpc) is 3.70. The number of rotatable bonds is 8. The van der Waals surface area contributed by atoms with Gasteiger partial charge in [0.15, 0.2) is 5.78 Å². The van der Waals surface area contributed by atoms with E-state index in [-0.39, 0.29) is 5.78 Å². The monoisotopic (exact) mass is 680 g/mol. The summed E-state index contributed by atoms with van der Waals surface area (Å²) >= 11 is 0. The number of carbonyl (C=O) groups is 1. The van der Waals surface area contributed by atoms with Crippen LogP contribution in [0.25, 0.3) is 55.3 Å². The molecule has 0 amide bonds. The molecule has 0 fully saturated rings. The summed E-state index contributed by atoms with van der Waals surface area (Å²) in [6.07, 6.45) is 8.01. The van der Waals surface area contributed by atoms with E-state index in [0.29, 0.717) is 0 Å². The Kier molecular flexibility index (Phi) is 8.02. The number of nitrogens with zero attached hydrogens (tertiary/aromatic N) is 2. The third-order valence-electron chi connectivity index (χ3n) is 10.2. The molecule has 3 nitrogen and oxygen atoms in total. The van der Waals surface area contributed by atoms with Gasteiger partial charge in [0.2, 0.25) is 0 Å². The van der Waals surface area contributed by atoms with E-state index in [2.05, 4.69) is 150 Å². The van der Waals surface area contributed by atoms with Crippen molar-refractivity contribution in [2.75, 3.05) is 4.90 Å². The number of carbonyl (C=O) groups excluding carboxylic acids is 1. The lowest BCUT2D eigenvalue weighted by Gasteiger charge is -2.27. The molecule has 252 valence electrons. The van der Waals surface area contributed by atoms with Crippen molar-refractivity contribution >= 4 is 50.2 Å². The van der Waals surface area contributed by atoms with Crippen molar-refractivity contribution in [3.05, 3.63) is 211 Å². The fourth-order valence-electron chi connectivity index (χ4n) is 7.68. The first-order valence-corrected chi connectivity index (χ1v) is 18.0. The minimum absolute atomic E-state index is 0.0508. The maximum atomic E-state index is 14.0. The Hall–Kier alpha value is -6.97. The van der Waals surface area contributed by atoms with Crippen LogP contribution in [0.3, 0.4) is 0 Å². The van der Waals surface area contributed by atoms with Gasteiger partial charge in [-0.3, -0.25) is 4.79 Å². The summed E-state index contributed by atoms with van der Waals surface area (Å²) in [4.78, 5) is 16.2. The first-order chi connectivity index (χ1) is 26.1. The molecule has 0 bridgehead atoms.